The zero-order valence-electron chi connectivity index (χ0n) is 14.0. The van der Waals surface area contributed by atoms with E-state index in [9.17, 15) is 9.59 Å². The highest BCUT2D eigenvalue weighted by Gasteiger charge is 2.36. The van der Waals surface area contributed by atoms with Crippen LogP contribution in [0.4, 0.5) is 0 Å². The summed E-state index contributed by atoms with van der Waals surface area (Å²) in [6.07, 6.45) is 1.97. The van der Waals surface area contributed by atoms with Gasteiger partial charge in [-0.3, -0.25) is 9.59 Å². The van der Waals surface area contributed by atoms with Crippen LogP contribution in [0, 0.1) is 5.41 Å². The third-order valence-corrected chi connectivity index (χ3v) is 4.32. The number of piperidine rings is 1. The maximum atomic E-state index is 12.7. The maximum Gasteiger partial charge on any atom is 0.251 e. The minimum Gasteiger partial charge on any atom is -0.355 e. The number of benzene rings is 1. The molecule has 0 radical (unpaired) electrons. The zero-order chi connectivity index (χ0) is 16.2. The van der Waals surface area contributed by atoms with Crippen LogP contribution in [0.15, 0.2) is 24.3 Å². The molecule has 1 aliphatic rings. The van der Waals surface area contributed by atoms with E-state index in [1.165, 1.54) is 0 Å². The van der Waals surface area contributed by atoms with Crippen LogP contribution >= 0.6 is 12.4 Å². The number of rotatable bonds is 4. The van der Waals surface area contributed by atoms with Crippen molar-refractivity contribution in [2.45, 2.75) is 26.3 Å². The molecule has 1 unspecified atom stereocenters. The monoisotopic (exact) mass is 339 g/mol. The van der Waals surface area contributed by atoms with Crippen molar-refractivity contribution in [3.63, 3.8) is 0 Å². The summed E-state index contributed by atoms with van der Waals surface area (Å²) in [6.45, 7) is 4.33. The zero-order valence-corrected chi connectivity index (χ0v) is 14.8. The molecular weight excluding hydrogens is 314 g/mol. The minimum absolute atomic E-state index is 0. The quantitative estimate of drug-likeness (QED) is 0.879. The Morgan fingerprint density at radius 3 is 2.48 bits per heavy atom. The van der Waals surface area contributed by atoms with Crippen molar-refractivity contribution in [2.24, 2.45) is 5.41 Å². The van der Waals surface area contributed by atoms with Crippen molar-refractivity contribution in [3.05, 3.63) is 35.4 Å². The number of nitrogens with zero attached hydrogens (tertiary/aromatic N) is 1. The van der Waals surface area contributed by atoms with Gasteiger partial charge in [-0.25, -0.2) is 0 Å². The maximum absolute atomic E-state index is 12.7. The van der Waals surface area contributed by atoms with Crippen LogP contribution in [0.2, 0.25) is 0 Å². The van der Waals surface area contributed by atoms with Gasteiger partial charge in [-0.1, -0.05) is 12.1 Å². The number of halogens is 1. The van der Waals surface area contributed by atoms with Gasteiger partial charge in [0.15, 0.2) is 0 Å². The predicted octanol–water partition coefficient (Wildman–Crippen LogP) is 1.82. The molecule has 1 heterocycles. The van der Waals surface area contributed by atoms with Gasteiger partial charge in [-0.05, 0) is 44.0 Å². The number of carbonyl (C=O) groups is 2. The number of hydrogen-bond donors (Lipinski definition) is 2. The lowest BCUT2D eigenvalue weighted by molar-refractivity contribution is -0.141. The van der Waals surface area contributed by atoms with Gasteiger partial charge >= 0.3 is 0 Å². The Labute approximate surface area is 144 Å². The van der Waals surface area contributed by atoms with Crippen molar-refractivity contribution in [1.82, 2.24) is 15.5 Å². The van der Waals surface area contributed by atoms with Crippen molar-refractivity contribution >= 4 is 24.2 Å². The molecule has 128 valence electrons. The molecule has 5 nitrogen and oxygen atoms in total. The summed E-state index contributed by atoms with van der Waals surface area (Å²) in [5.41, 5.74) is 1.34. The molecule has 0 bridgehead atoms. The third kappa shape index (κ3) is 4.69. The molecule has 0 spiro atoms. The van der Waals surface area contributed by atoms with Gasteiger partial charge in [-0.15, -0.1) is 12.4 Å². The van der Waals surface area contributed by atoms with Crippen LogP contribution in [-0.4, -0.2) is 43.9 Å². The lowest BCUT2D eigenvalue weighted by Gasteiger charge is -2.36. The molecule has 1 saturated heterocycles. The van der Waals surface area contributed by atoms with E-state index in [1.807, 2.05) is 26.1 Å². The first-order valence-corrected chi connectivity index (χ1v) is 7.73. The van der Waals surface area contributed by atoms with Gasteiger partial charge in [0, 0.05) is 32.7 Å². The molecule has 1 atom stereocenters. The highest BCUT2D eigenvalue weighted by Crippen LogP contribution is 2.28. The molecule has 1 aromatic carbocycles. The molecule has 1 aromatic rings. The van der Waals surface area contributed by atoms with Crippen LogP contribution in [-0.2, 0) is 11.3 Å². The molecule has 2 amide bonds. The topological polar surface area (TPSA) is 61.4 Å². The van der Waals surface area contributed by atoms with Crippen molar-refractivity contribution in [3.8, 4) is 0 Å². The fourth-order valence-corrected chi connectivity index (χ4v) is 2.95. The normalized spacial score (nSPS) is 20.3. The van der Waals surface area contributed by atoms with Crippen LogP contribution in [0.5, 0.6) is 0 Å². The number of hydrogen-bond acceptors (Lipinski definition) is 3. The van der Waals surface area contributed by atoms with E-state index in [1.54, 1.807) is 24.1 Å². The molecule has 2 rings (SSSR count). The Balaban J connectivity index is 0.00000264. The lowest BCUT2D eigenvalue weighted by Crippen LogP contribution is -2.48. The molecule has 1 aliphatic heterocycles. The Bertz CT molecular complexity index is 539. The van der Waals surface area contributed by atoms with Crippen LogP contribution in [0.1, 0.15) is 35.7 Å². The van der Waals surface area contributed by atoms with E-state index >= 15 is 0 Å². The van der Waals surface area contributed by atoms with Crippen LogP contribution in [0.3, 0.4) is 0 Å². The summed E-state index contributed by atoms with van der Waals surface area (Å²) in [5, 5.41) is 5.91. The van der Waals surface area contributed by atoms with E-state index in [2.05, 4.69) is 10.6 Å². The number of carbonyl (C=O) groups excluding carboxylic acids is 2. The summed E-state index contributed by atoms with van der Waals surface area (Å²) < 4.78 is 0. The van der Waals surface area contributed by atoms with E-state index < -0.39 is 0 Å². The largest absolute Gasteiger partial charge is 0.355 e. The van der Waals surface area contributed by atoms with Gasteiger partial charge in [0.05, 0.1) is 5.41 Å². The second kappa shape index (κ2) is 8.31. The first-order chi connectivity index (χ1) is 10.5. The van der Waals surface area contributed by atoms with E-state index in [0.717, 1.165) is 31.5 Å². The third-order valence-electron chi connectivity index (χ3n) is 4.32. The smallest absolute Gasteiger partial charge is 0.251 e. The molecule has 1 fully saturated rings. The molecular formula is C17H26ClN3O2. The fourth-order valence-electron chi connectivity index (χ4n) is 2.95. The predicted molar refractivity (Wildman–Crippen MR) is 93.8 cm³/mol. The van der Waals surface area contributed by atoms with E-state index in [4.69, 9.17) is 0 Å². The first kappa shape index (κ1) is 19.5. The van der Waals surface area contributed by atoms with Crippen molar-refractivity contribution in [1.29, 1.82) is 0 Å². The van der Waals surface area contributed by atoms with Gasteiger partial charge in [0.25, 0.3) is 5.91 Å². The Kier molecular flexibility index (Phi) is 7.03. The lowest BCUT2D eigenvalue weighted by atomic mass is 9.81. The van der Waals surface area contributed by atoms with Gasteiger partial charge in [0.1, 0.15) is 0 Å². The van der Waals surface area contributed by atoms with Crippen LogP contribution < -0.4 is 10.6 Å². The summed E-state index contributed by atoms with van der Waals surface area (Å²) in [6, 6.07) is 7.37. The highest BCUT2D eigenvalue weighted by atomic mass is 35.5. The van der Waals surface area contributed by atoms with Crippen molar-refractivity contribution in [2.75, 3.05) is 27.2 Å². The average molecular weight is 340 g/mol. The van der Waals surface area contributed by atoms with Gasteiger partial charge < -0.3 is 15.5 Å². The Hall–Kier alpha value is -1.59. The summed E-state index contributed by atoms with van der Waals surface area (Å²) in [4.78, 5) is 26.0. The number of amides is 2. The SMILES string of the molecule is CNC(=O)c1ccc(CN(C)C(=O)C2(C)CCCNC2)cc1.Cl. The minimum atomic E-state index is -0.310. The second-order valence-corrected chi connectivity index (χ2v) is 6.28. The van der Waals surface area contributed by atoms with E-state index in [-0.39, 0.29) is 29.6 Å². The second-order valence-electron chi connectivity index (χ2n) is 6.28. The van der Waals surface area contributed by atoms with Gasteiger partial charge in [0.2, 0.25) is 5.91 Å². The van der Waals surface area contributed by atoms with Crippen molar-refractivity contribution < 1.29 is 9.59 Å². The molecule has 23 heavy (non-hydrogen) atoms. The summed E-state index contributed by atoms with van der Waals surface area (Å²) >= 11 is 0. The summed E-state index contributed by atoms with van der Waals surface area (Å²) in [7, 11) is 3.45. The average Bonchev–Trinajstić information content (AvgIpc) is 2.54. The standard InChI is InChI=1S/C17H25N3O2.ClH/c1-17(9-4-10-19-12-17)16(22)20(3)11-13-5-7-14(8-6-13)15(21)18-2;/h5-8,19H,4,9-12H2,1-3H3,(H,18,21);1H. The Morgan fingerprint density at radius 2 is 1.96 bits per heavy atom. The molecule has 0 aromatic heterocycles. The fraction of sp³-hybridized carbons (Fsp3) is 0.529. The molecule has 6 heteroatoms. The van der Waals surface area contributed by atoms with Gasteiger partial charge in [-0.2, -0.15) is 0 Å². The highest BCUT2D eigenvalue weighted by molar-refractivity contribution is 5.93. The first-order valence-electron chi connectivity index (χ1n) is 7.73. The number of nitrogens with one attached hydrogen (secondary N) is 2. The van der Waals surface area contributed by atoms with Crippen LogP contribution in [0.25, 0.3) is 0 Å². The molecule has 0 saturated carbocycles. The Morgan fingerprint density at radius 1 is 1.30 bits per heavy atom. The van der Waals surface area contributed by atoms with E-state index in [0.29, 0.717) is 12.1 Å². The molecule has 2 N–H and O–H groups in total. The molecule has 0 aliphatic carbocycles. The summed E-state index contributed by atoms with van der Waals surface area (Å²) in [5.74, 6) is 0.0758.